The Hall–Kier alpha value is -4.78. The maximum Gasteiger partial charge on any atom is 0.0375 e. The van der Waals surface area contributed by atoms with E-state index >= 15 is 0 Å². The van der Waals surface area contributed by atoms with Crippen LogP contribution in [0.5, 0.6) is 0 Å². The molecule has 0 fully saturated rings. The molecule has 0 atom stereocenters. The number of hydrogen-bond acceptors (Lipinski definition) is 6. The number of nitrogens with zero attached hydrogens (tertiary/aromatic N) is 4. The van der Waals surface area contributed by atoms with Crippen LogP contribution in [0.1, 0.15) is 77.0 Å². The maximum absolute atomic E-state index is 4.17. The van der Waals surface area contributed by atoms with Gasteiger partial charge in [0.1, 0.15) is 0 Å². The van der Waals surface area contributed by atoms with Crippen LogP contribution in [0.2, 0.25) is 0 Å². The summed E-state index contributed by atoms with van der Waals surface area (Å²) in [5, 5.41) is 4.32. The summed E-state index contributed by atoms with van der Waals surface area (Å²) in [5.74, 6) is 0. The molecule has 0 amide bonds. The molecule has 54 heavy (non-hydrogen) atoms. The molecule has 286 valence electrons. The van der Waals surface area contributed by atoms with Crippen LogP contribution in [0.4, 0.5) is 0 Å². The quantitative estimate of drug-likeness (QED) is 0.155. The molecule has 7 aromatic rings. The molecular weight excluding hydrogens is 697 g/mol. The van der Waals surface area contributed by atoms with Crippen LogP contribution in [-0.2, 0) is 0 Å². The van der Waals surface area contributed by atoms with Crippen molar-refractivity contribution in [1.82, 2.24) is 19.9 Å². The van der Waals surface area contributed by atoms with Crippen molar-refractivity contribution in [2.45, 2.75) is 96.9 Å². The Morgan fingerprint density at radius 2 is 0.722 bits per heavy atom. The van der Waals surface area contributed by atoms with Crippen LogP contribution in [0.25, 0.3) is 0 Å². The van der Waals surface area contributed by atoms with E-state index in [9.17, 15) is 0 Å². The van der Waals surface area contributed by atoms with Crippen LogP contribution in [0, 0.1) is 96.9 Å². The van der Waals surface area contributed by atoms with E-state index in [1.807, 2.05) is 96.7 Å². The summed E-state index contributed by atoms with van der Waals surface area (Å²) in [6.45, 7) is 28.9. The zero-order chi connectivity index (χ0) is 40.5. The first-order valence-electron chi connectivity index (χ1n) is 18.2. The summed E-state index contributed by atoms with van der Waals surface area (Å²) in [6, 6.07) is 29.0. The van der Waals surface area contributed by atoms with Gasteiger partial charge in [0.05, 0.1) is 0 Å². The first-order chi connectivity index (χ1) is 25.5. The van der Waals surface area contributed by atoms with Crippen molar-refractivity contribution in [3.63, 3.8) is 0 Å². The van der Waals surface area contributed by atoms with Gasteiger partial charge < -0.3 is 0 Å². The van der Waals surface area contributed by atoms with Gasteiger partial charge in [0, 0.05) is 57.3 Å². The molecule has 0 aliphatic heterocycles. The Balaban J connectivity index is 0.000000315. The fraction of sp³-hybridized carbons (Fsp3) is 0.292. The molecule has 0 bridgehead atoms. The smallest absolute Gasteiger partial charge is 0.0375 e. The summed E-state index contributed by atoms with van der Waals surface area (Å²) in [6.07, 6.45) is 7.36. The van der Waals surface area contributed by atoms with Crippen molar-refractivity contribution >= 4 is 22.7 Å². The summed E-state index contributed by atoms with van der Waals surface area (Å²) in [7, 11) is 0. The van der Waals surface area contributed by atoms with Gasteiger partial charge in [-0.2, -0.15) is 0 Å². The van der Waals surface area contributed by atoms with Gasteiger partial charge in [-0.15, -0.1) is 22.7 Å². The van der Waals surface area contributed by atoms with E-state index in [0.717, 1.165) is 22.8 Å². The largest absolute Gasteiger partial charge is 0.264 e. The number of aromatic nitrogens is 4. The Kier molecular flexibility index (Phi) is 23.5. The number of benzene rings is 1. The number of thiophene rings is 2. The van der Waals surface area contributed by atoms with Crippen molar-refractivity contribution in [1.29, 1.82) is 0 Å². The van der Waals surface area contributed by atoms with Crippen LogP contribution in [-0.4, -0.2) is 19.9 Å². The molecule has 0 unspecified atom stereocenters. The number of hydrogen-bond donors (Lipinski definition) is 0. The van der Waals surface area contributed by atoms with E-state index in [1.165, 1.54) is 54.3 Å². The predicted octanol–water partition coefficient (Wildman–Crippen LogP) is 13.8. The Labute approximate surface area is 335 Å². The van der Waals surface area contributed by atoms with Crippen molar-refractivity contribution < 1.29 is 0 Å². The van der Waals surface area contributed by atoms with Crippen molar-refractivity contribution in [3.05, 3.63) is 198 Å². The standard InChI is InChI=1S/C8H10.4C7H9N.2C6H8S/c1-7-4-3-5-8(2)6-7;1-6-3-7(2)5-8-4-6;2*1-6-3-4-8-7(2)5-6;1-6-4-3-5-7(2)8-6;2*1-5-3-6(2)7-4-5/h3-6H,1-2H3;4*3-5H,1-2H3;2*3-4H,1-2H3. The monoisotopic (exact) mass is 758 g/mol. The first-order valence-corrected chi connectivity index (χ1v) is 19.9. The van der Waals surface area contributed by atoms with Gasteiger partial charge in [-0.1, -0.05) is 47.5 Å². The summed E-state index contributed by atoms with van der Waals surface area (Å²) >= 11 is 3.61. The SMILES string of the molecule is Cc1cccc(C)c1.Cc1cccc(C)n1.Cc1ccnc(C)c1.Cc1ccnc(C)c1.Cc1cncc(C)c1.Cc1csc(C)c1.Cc1csc(C)c1. The van der Waals surface area contributed by atoms with Crippen LogP contribution >= 0.6 is 22.7 Å². The zero-order valence-electron chi connectivity index (χ0n) is 35.2. The lowest BCUT2D eigenvalue weighted by atomic mass is 10.2. The van der Waals surface area contributed by atoms with Gasteiger partial charge in [-0.3, -0.25) is 19.9 Å². The lowest BCUT2D eigenvalue weighted by Gasteiger charge is -1.90. The van der Waals surface area contributed by atoms with Crippen molar-refractivity contribution in [2.24, 2.45) is 0 Å². The number of pyridine rings is 4. The highest BCUT2D eigenvalue weighted by Gasteiger charge is 1.87. The first kappa shape index (κ1) is 47.2. The minimum absolute atomic E-state index is 1.09. The lowest BCUT2D eigenvalue weighted by Crippen LogP contribution is -1.81. The number of aryl methyl sites for hydroxylation is 14. The molecule has 0 aliphatic rings. The van der Waals surface area contributed by atoms with Gasteiger partial charge >= 0.3 is 0 Å². The molecule has 6 heterocycles. The Bertz CT molecular complexity index is 1630. The minimum Gasteiger partial charge on any atom is -0.264 e. The van der Waals surface area contributed by atoms with Gasteiger partial charge in [0.2, 0.25) is 0 Å². The Morgan fingerprint density at radius 3 is 0.907 bits per heavy atom. The highest BCUT2D eigenvalue weighted by atomic mass is 32.1. The fourth-order valence-electron chi connectivity index (χ4n) is 4.72. The lowest BCUT2D eigenvalue weighted by molar-refractivity contribution is 1.12. The predicted molar refractivity (Wildman–Crippen MR) is 238 cm³/mol. The third-order valence-corrected chi connectivity index (χ3v) is 9.00. The molecule has 6 aromatic heterocycles. The van der Waals surface area contributed by atoms with Crippen LogP contribution in [0.15, 0.2) is 120 Å². The molecular formula is C48H62N4S2. The van der Waals surface area contributed by atoms with E-state index in [0.29, 0.717) is 0 Å². The molecule has 7 rings (SSSR count). The molecule has 0 spiro atoms. The highest BCUT2D eigenvalue weighted by Crippen LogP contribution is 2.11. The van der Waals surface area contributed by atoms with E-state index in [2.05, 4.69) is 141 Å². The molecule has 0 saturated carbocycles. The minimum atomic E-state index is 1.09. The normalized spacial score (nSPS) is 9.30. The van der Waals surface area contributed by atoms with Gasteiger partial charge in [-0.25, -0.2) is 0 Å². The van der Waals surface area contributed by atoms with E-state index < -0.39 is 0 Å². The van der Waals surface area contributed by atoms with Crippen molar-refractivity contribution in [3.8, 4) is 0 Å². The zero-order valence-corrected chi connectivity index (χ0v) is 36.8. The molecule has 0 aliphatic carbocycles. The molecule has 0 N–H and O–H groups in total. The van der Waals surface area contributed by atoms with Gasteiger partial charge in [0.25, 0.3) is 0 Å². The van der Waals surface area contributed by atoms with E-state index in [-0.39, 0.29) is 0 Å². The molecule has 4 nitrogen and oxygen atoms in total. The second kappa shape index (κ2) is 26.9. The van der Waals surface area contributed by atoms with Crippen LogP contribution < -0.4 is 0 Å². The fourth-order valence-corrected chi connectivity index (χ4v) is 6.10. The second-order valence-electron chi connectivity index (χ2n) is 13.5. The molecule has 1 aromatic carbocycles. The summed E-state index contributed by atoms with van der Waals surface area (Å²) in [4.78, 5) is 19.0. The third kappa shape index (κ3) is 25.2. The topological polar surface area (TPSA) is 51.6 Å². The van der Waals surface area contributed by atoms with Gasteiger partial charge in [0.15, 0.2) is 0 Å². The Morgan fingerprint density at radius 1 is 0.352 bits per heavy atom. The average molecular weight is 759 g/mol. The van der Waals surface area contributed by atoms with E-state index in [4.69, 9.17) is 0 Å². The highest BCUT2D eigenvalue weighted by molar-refractivity contribution is 7.10. The van der Waals surface area contributed by atoms with Crippen LogP contribution in [0.3, 0.4) is 0 Å². The molecule has 0 saturated heterocycles. The molecule has 6 heteroatoms. The molecule has 0 radical (unpaired) electrons. The average Bonchev–Trinajstić information content (AvgIpc) is 3.66. The third-order valence-electron chi connectivity index (χ3n) is 7.04. The summed E-state index contributed by atoms with van der Waals surface area (Å²) in [5.41, 5.74) is 14.8. The summed E-state index contributed by atoms with van der Waals surface area (Å²) < 4.78 is 0. The van der Waals surface area contributed by atoms with Gasteiger partial charge in [-0.05, 0) is 190 Å². The number of rotatable bonds is 0. The van der Waals surface area contributed by atoms with Crippen molar-refractivity contribution in [2.75, 3.05) is 0 Å². The second-order valence-corrected chi connectivity index (χ2v) is 15.8. The van der Waals surface area contributed by atoms with E-state index in [1.54, 1.807) is 22.7 Å². The maximum atomic E-state index is 4.17.